The average Bonchev–Trinajstić information content (AvgIpc) is 2.22. The first-order chi connectivity index (χ1) is 7.88. The Kier molecular flexibility index (Phi) is 8.12. The van der Waals surface area contributed by atoms with Crippen LogP contribution in [0.4, 0.5) is 0 Å². The van der Waals surface area contributed by atoms with Crippen molar-refractivity contribution in [3.8, 4) is 0 Å². The van der Waals surface area contributed by atoms with E-state index in [2.05, 4.69) is 37.7 Å². The fourth-order valence-electron chi connectivity index (χ4n) is 1.77. The van der Waals surface area contributed by atoms with Gasteiger partial charge in [0.15, 0.2) is 0 Å². The van der Waals surface area contributed by atoms with Crippen LogP contribution < -0.4 is 5.73 Å². The van der Waals surface area contributed by atoms with Crippen molar-refractivity contribution in [1.82, 2.24) is 9.80 Å². The lowest BCUT2D eigenvalue weighted by molar-refractivity contribution is 0.0694. The molecule has 0 rings (SSSR count). The van der Waals surface area contributed by atoms with Gasteiger partial charge in [0.2, 0.25) is 0 Å². The highest BCUT2D eigenvalue weighted by atomic mass is 16.5. The molecular formula is C12H28N4O. The Balaban J connectivity index is 3.93. The molecule has 0 aromatic carbocycles. The molecule has 0 amide bonds. The number of amidine groups is 1. The van der Waals surface area contributed by atoms with Gasteiger partial charge in [0.1, 0.15) is 11.9 Å². The van der Waals surface area contributed by atoms with Crippen LogP contribution in [0.15, 0.2) is 0 Å². The first kappa shape index (κ1) is 16.4. The third kappa shape index (κ3) is 7.31. The lowest BCUT2D eigenvalue weighted by Gasteiger charge is -2.30. The fourth-order valence-corrected chi connectivity index (χ4v) is 1.77. The molecule has 0 aliphatic rings. The molecule has 0 spiro atoms. The molecule has 2 unspecified atom stereocenters. The van der Waals surface area contributed by atoms with E-state index in [1.807, 2.05) is 6.92 Å². The molecule has 0 saturated heterocycles. The second-order valence-electron chi connectivity index (χ2n) is 4.71. The summed E-state index contributed by atoms with van der Waals surface area (Å²) in [5.41, 5.74) is 5.35. The van der Waals surface area contributed by atoms with Crippen LogP contribution in [0.25, 0.3) is 0 Å². The number of hydrogen-bond donors (Lipinski definition) is 2. The van der Waals surface area contributed by atoms with E-state index in [9.17, 15) is 0 Å². The van der Waals surface area contributed by atoms with Crippen molar-refractivity contribution < 1.29 is 4.74 Å². The quantitative estimate of drug-likeness (QED) is 0.460. The monoisotopic (exact) mass is 244 g/mol. The van der Waals surface area contributed by atoms with Gasteiger partial charge in [-0.2, -0.15) is 0 Å². The number of rotatable bonds is 9. The minimum absolute atomic E-state index is 0.0920. The van der Waals surface area contributed by atoms with Gasteiger partial charge in [0, 0.05) is 19.1 Å². The van der Waals surface area contributed by atoms with Crippen molar-refractivity contribution in [1.29, 1.82) is 5.41 Å². The van der Waals surface area contributed by atoms with E-state index < -0.39 is 0 Å². The van der Waals surface area contributed by atoms with Crippen LogP contribution in [0.2, 0.25) is 0 Å². The normalized spacial score (nSPS) is 15.2. The molecule has 17 heavy (non-hydrogen) atoms. The summed E-state index contributed by atoms with van der Waals surface area (Å²) in [5, 5.41) is 7.24. The Morgan fingerprint density at radius 3 is 2.35 bits per heavy atom. The summed E-state index contributed by atoms with van der Waals surface area (Å²) in [6, 6.07) is 0.506. The van der Waals surface area contributed by atoms with E-state index in [0.717, 1.165) is 19.6 Å². The van der Waals surface area contributed by atoms with Crippen LogP contribution in [-0.4, -0.2) is 68.1 Å². The van der Waals surface area contributed by atoms with Crippen LogP contribution in [0.5, 0.6) is 0 Å². The lowest BCUT2D eigenvalue weighted by Crippen LogP contribution is -2.42. The molecule has 3 N–H and O–H groups in total. The molecule has 5 nitrogen and oxygen atoms in total. The molecule has 0 saturated carbocycles. The standard InChI is InChI=1S/C12H28N4O/c1-6-16(10(2)9-15(4)5)7-8-17-11(3)12(13)14/h10-11H,6-9H2,1-5H3,(H3,13,14). The molecule has 0 aromatic heterocycles. The summed E-state index contributed by atoms with van der Waals surface area (Å²) in [6.45, 7) is 9.72. The molecule has 2 atom stereocenters. The van der Waals surface area contributed by atoms with Crippen LogP contribution >= 0.6 is 0 Å². The number of nitrogens with two attached hydrogens (primary N) is 1. The minimum atomic E-state index is -0.280. The number of nitrogens with zero attached hydrogens (tertiary/aromatic N) is 2. The smallest absolute Gasteiger partial charge is 0.120 e. The van der Waals surface area contributed by atoms with Crippen LogP contribution in [0, 0.1) is 5.41 Å². The number of likely N-dealkylation sites (N-methyl/N-ethyl adjacent to an activating group) is 2. The maximum atomic E-state index is 7.24. The second kappa shape index (κ2) is 8.44. The third-order valence-electron chi connectivity index (χ3n) is 2.84. The zero-order valence-corrected chi connectivity index (χ0v) is 11.9. The predicted octanol–water partition coefficient (Wildman–Crippen LogP) is 0.599. The molecule has 0 bridgehead atoms. The van der Waals surface area contributed by atoms with E-state index in [1.165, 1.54) is 0 Å². The van der Waals surface area contributed by atoms with E-state index >= 15 is 0 Å². The van der Waals surface area contributed by atoms with E-state index in [-0.39, 0.29) is 11.9 Å². The Bertz CT molecular complexity index is 221. The van der Waals surface area contributed by atoms with Crippen molar-refractivity contribution in [2.24, 2.45) is 5.73 Å². The van der Waals surface area contributed by atoms with Crippen LogP contribution in [-0.2, 0) is 4.74 Å². The van der Waals surface area contributed by atoms with E-state index in [4.69, 9.17) is 15.9 Å². The Morgan fingerprint density at radius 2 is 1.94 bits per heavy atom. The highest BCUT2D eigenvalue weighted by Crippen LogP contribution is 2.00. The van der Waals surface area contributed by atoms with Gasteiger partial charge in [-0.1, -0.05) is 6.92 Å². The van der Waals surface area contributed by atoms with Gasteiger partial charge < -0.3 is 15.4 Å². The predicted molar refractivity (Wildman–Crippen MR) is 72.6 cm³/mol. The molecule has 0 fully saturated rings. The summed E-state index contributed by atoms with van der Waals surface area (Å²) >= 11 is 0. The molecule has 0 heterocycles. The first-order valence-electron chi connectivity index (χ1n) is 6.22. The van der Waals surface area contributed by atoms with Gasteiger partial charge in [-0.05, 0) is 34.5 Å². The summed E-state index contributed by atoms with van der Waals surface area (Å²) in [6.07, 6.45) is -0.280. The molecule has 0 aromatic rings. The maximum absolute atomic E-state index is 7.24. The largest absolute Gasteiger partial charge is 0.385 e. The topological polar surface area (TPSA) is 65.6 Å². The van der Waals surface area contributed by atoms with Gasteiger partial charge in [-0.25, -0.2) is 0 Å². The third-order valence-corrected chi connectivity index (χ3v) is 2.84. The first-order valence-corrected chi connectivity index (χ1v) is 6.22. The molecule has 0 aliphatic carbocycles. The summed E-state index contributed by atoms with van der Waals surface area (Å²) in [7, 11) is 4.16. The van der Waals surface area contributed by atoms with Gasteiger partial charge in [0.25, 0.3) is 0 Å². The number of ether oxygens (including phenoxy) is 1. The van der Waals surface area contributed by atoms with E-state index in [0.29, 0.717) is 12.6 Å². The summed E-state index contributed by atoms with van der Waals surface area (Å²) < 4.78 is 5.49. The van der Waals surface area contributed by atoms with Crippen molar-refractivity contribution in [2.75, 3.05) is 40.3 Å². The SMILES string of the molecule is CCN(CCOC(C)C(=N)N)C(C)CN(C)C. The highest BCUT2D eigenvalue weighted by Gasteiger charge is 2.13. The average molecular weight is 244 g/mol. The molecular weight excluding hydrogens is 216 g/mol. The minimum Gasteiger partial charge on any atom is -0.385 e. The molecule has 102 valence electrons. The van der Waals surface area contributed by atoms with Crippen LogP contribution in [0.3, 0.4) is 0 Å². The maximum Gasteiger partial charge on any atom is 0.120 e. The van der Waals surface area contributed by atoms with Gasteiger partial charge in [-0.3, -0.25) is 10.3 Å². The Labute approximate surface area is 105 Å². The van der Waals surface area contributed by atoms with Crippen molar-refractivity contribution >= 4 is 5.84 Å². The zero-order chi connectivity index (χ0) is 13.4. The number of nitrogens with one attached hydrogen (secondary N) is 1. The Hall–Kier alpha value is -0.650. The van der Waals surface area contributed by atoms with E-state index in [1.54, 1.807) is 0 Å². The zero-order valence-electron chi connectivity index (χ0n) is 11.9. The highest BCUT2D eigenvalue weighted by molar-refractivity contribution is 5.81. The summed E-state index contributed by atoms with van der Waals surface area (Å²) in [4.78, 5) is 4.55. The van der Waals surface area contributed by atoms with Gasteiger partial charge in [-0.15, -0.1) is 0 Å². The number of hydrogen-bond acceptors (Lipinski definition) is 4. The molecule has 5 heteroatoms. The van der Waals surface area contributed by atoms with Crippen molar-refractivity contribution in [2.45, 2.75) is 32.9 Å². The molecule has 0 radical (unpaired) electrons. The van der Waals surface area contributed by atoms with Crippen molar-refractivity contribution in [3.05, 3.63) is 0 Å². The molecule has 0 aliphatic heterocycles. The summed E-state index contributed by atoms with van der Waals surface area (Å²) in [5.74, 6) is 0.0920. The van der Waals surface area contributed by atoms with Gasteiger partial charge >= 0.3 is 0 Å². The van der Waals surface area contributed by atoms with Gasteiger partial charge in [0.05, 0.1) is 6.61 Å². The fraction of sp³-hybridized carbons (Fsp3) is 0.917. The van der Waals surface area contributed by atoms with Crippen molar-refractivity contribution in [3.63, 3.8) is 0 Å². The van der Waals surface area contributed by atoms with Crippen LogP contribution in [0.1, 0.15) is 20.8 Å². The Morgan fingerprint density at radius 1 is 1.35 bits per heavy atom. The second-order valence-corrected chi connectivity index (χ2v) is 4.71. The lowest BCUT2D eigenvalue weighted by atomic mass is 10.2.